The second-order valence-electron chi connectivity index (χ2n) is 8.96. The lowest BCUT2D eigenvalue weighted by Crippen LogP contribution is -2.11. The minimum absolute atomic E-state index is 0.0410. The van der Waals surface area contributed by atoms with Crippen LogP contribution in [0.2, 0.25) is 0 Å². The molecular formula is C28H47NO3. The minimum Gasteiger partial charge on any atom is -0.462 e. The van der Waals surface area contributed by atoms with Crippen molar-refractivity contribution >= 4 is 17.6 Å². The van der Waals surface area contributed by atoms with Gasteiger partial charge in [-0.1, -0.05) is 104 Å². The van der Waals surface area contributed by atoms with E-state index in [0.29, 0.717) is 18.6 Å². The number of carbonyl (C=O) groups is 2. The number of benzene rings is 1. The second kappa shape index (κ2) is 19.8. The normalized spacial score (nSPS) is 10.8. The third-order valence-corrected chi connectivity index (χ3v) is 5.89. The molecule has 1 N–H and O–H groups in total. The number of anilines is 1. The third-order valence-electron chi connectivity index (χ3n) is 5.89. The number of hydrogen-bond donors (Lipinski definition) is 1. The Morgan fingerprint density at radius 3 is 1.66 bits per heavy atom. The molecule has 1 aromatic carbocycles. The molecule has 0 saturated heterocycles. The van der Waals surface area contributed by atoms with Crippen LogP contribution in [-0.4, -0.2) is 18.5 Å². The van der Waals surface area contributed by atoms with Crippen molar-refractivity contribution in [3.63, 3.8) is 0 Å². The zero-order valence-electron chi connectivity index (χ0n) is 20.8. The Balaban J connectivity index is 2.10. The number of amides is 1. The highest BCUT2D eigenvalue weighted by atomic mass is 16.5. The Hall–Kier alpha value is -1.84. The van der Waals surface area contributed by atoms with E-state index in [9.17, 15) is 9.59 Å². The lowest BCUT2D eigenvalue weighted by atomic mass is 10.1. The lowest BCUT2D eigenvalue weighted by Gasteiger charge is -2.08. The van der Waals surface area contributed by atoms with Gasteiger partial charge in [0, 0.05) is 12.1 Å². The number of rotatable bonds is 20. The number of nitrogens with one attached hydrogen (secondary N) is 1. The molecule has 0 aliphatic rings. The van der Waals surface area contributed by atoms with Crippen molar-refractivity contribution in [1.29, 1.82) is 0 Å². The van der Waals surface area contributed by atoms with E-state index in [2.05, 4.69) is 19.2 Å². The van der Waals surface area contributed by atoms with Crippen LogP contribution in [-0.2, 0) is 9.53 Å². The SMILES string of the molecule is CCCCCCCCCCCOC(=O)c1ccc(NC(=O)CCCCCCCCC)cc1. The van der Waals surface area contributed by atoms with Crippen molar-refractivity contribution in [2.24, 2.45) is 0 Å². The molecule has 0 atom stereocenters. The van der Waals surface area contributed by atoms with Gasteiger partial charge in [0.25, 0.3) is 0 Å². The van der Waals surface area contributed by atoms with Crippen LogP contribution in [0.3, 0.4) is 0 Å². The quantitative estimate of drug-likeness (QED) is 0.162. The monoisotopic (exact) mass is 445 g/mol. The molecule has 0 spiro atoms. The third kappa shape index (κ3) is 15.0. The van der Waals surface area contributed by atoms with Gasteiger partial charge in [0.1, 0.15) is 0 Å². The van der Waals surface area contributed by atoms with Gasteiger partial charge in [-0.05, 0) is 37.1 Å². The molecule has 0 aliphatic heterocycles. The number of hydrogen-bond acceptors (Lipinski definition) is 3. The summed E-state index contributed by atoms with van der Waals surface area (Å²) in [5.74, 6) is -0.246. The van der Waals surface area contributed by atoms with Gasteiger partial charge < -0.3 is 10.1 Å². The first kappa shape index (κ1) is 28.2. The summed E-state index contributed by atoms with van der Waals surface area (Å²) >= 11 is 0. The van der Waals surface area contributed by atoms with Gasteiger partial charge in [0.15, 0.2) is 0 Å². The molecule has 32 heavy (non-hydrogen) atoms. The van der Waals surface area contributed by atoms with E-state index in [1.165, 1.54) is 77.0 Å². The van der Waals surface area contributed by atoms with Crippen molar-refractivity contribution in [2.75, 3.05) is 11.9 Å². The van der Waals surface area contributed by atoms with Gasteiger partial charge in [-0.3, -0.25) is 4.79 Å². The van der Waals surface area contributed by atoms with Gasteiger partial charge in [0.05, 0.1) is 12.2 Å². The van der Waals surface area contributed by atoms with Crippen LogP contribution in [0.5, 0.6) is 0 Å². The van der Waals surface area contributed by atoms with Crippen LogP contribution in [0.4, 0.5) is 5.69 Å². The maximum Gasteiger partial charge on any atom is 0.338 e. The molecule has 0 bridgehead atoms. The predicted molar refractivity (Wildman–Crippen MR) is 135 cm³/mol. The summed E-state index contributed by atoms with van der Waals surface area (Å²) in [6, 6.07) is 7.00. The van der Waals surface area contributed by atoms with Crippen molar-refractivity contribution in [3.8, 4) is 0 Å². The average molecular weight is 446 g/mol. The van der Waals surface area contributed by atoms with E-state index >= 15 is 0 Å². The van der Waals surface area contributed by atoms with Crippen LogP contribution in [0.1, 0.15) is 133 Å². The summed E-state index contributed by atoms with van der Waals surface area (Å²) in [6.45, 7) is 4.94. The fraction of sp³-hybridized carbons (Fsp3) is 0.714. The highest BCUT2D eigenvalue weighted by Gasteiger charge is 2.08. The van der Waals surface area contributed by atoms with Crippen LogP contribution in [0, 0.1) is 0 Å². The molecule has 0 heterocycles. The zero-order valence-corrected chi connectivity index (χ0v) is 20.8. The molecular weight excluding hydrogens is 398 g/mol. The average Bonchev–Trinajstić information content (AvgIpc) is 2.80. The Kier molecular flexibility index (Phi) is 17.5. The summed E-state index contributed by atoms with van der Waals surface area (Å²) in [4.78, 5) is 24.3. The molecule has 0 fully saturated rings. The molecule has 0 saturated carbocycles. The predicted octanol–water partition coefficient (Wildman–Crippen LogP) is 8.45. The highest BCUT2D eigenvalue weighted by Crippen LogP contribution is 2.14. The first-order chi connectivity index (χ1) is 15.7. The van der Waals surface area contributed by atoms with Gasteiger partial charge in [-0.15, -0.1) is 0 Å². The van der Waals surface area contributed by atoms with Gasteiger partial charge >= 0.3 is 5.97 Å². The fourth-order valence-electron chi connectivity index (χ4n) is 3.82. The molecule has 1 rings (SSSR count). The first-order valence-electron chi connectivity index (χ1n) is 13.2. The maximum absolute atomic E-state index is 12.2. The largest absolute Gasteiger partial charge is 0.462 e. The Bertz CT molecular complexity index is 597. The van der Waals surface area contributed by atoms with Gasteiger partial charge in [0.2, 0.25) is 5.91 Å². The van der Waals surface area contributed by atoms with Crippen LogP contribution >= 0.6 is 0 Å². The molecule has 0 aromatic heterocycles. The molecule has 0 unspecified atom stereocenters. The second-order valence-corrected chi connectivity index (χ2v) is 8.96. The summed E-state index contributed by atoms with van der Waals surface area (Å²) in [5, 5.41) is 2.92. The van der Waals surface area contributed by atoms with E-state index in [-0.39, 0.29) is 11.9 Å². The number of carbonyl (C=O) groups excluding carboxylic acids is 2. The molecule has 182 valence electrons. The smallest absolute Gasteiger partial charge is 0.338 e. The van der Waals surface area contributed by atoms with Gasteiger partial charge in [-0.25, -0.2) is 4.79 Å². The number of ether oxygens (including phenoxy) is 1. The van der Waals surface area contributed by atoms with E-state index in [0.717, 1.165) is 31.4 Å². The molecule has 1 amide bonds. The lowest BCUT2D eigenvalue weighted by molar-refractivity contribution is -0.116. The molecule has 0 radical (unpaired) electrons. The van der Waals surface area contributed by atoms with E-state index in [1.807, 2.05) is 0 Å². The molecule has 4 heteroatoms. The van der Waals surface area contributed by atoms with Crippen molar-refractivity contribution < 1.29 is 14.3 Å². The number of unbranched alkanes of at least 4 members (excludes halogenated alkanes) is 14. The highest BCUT2D eigenvalue weighted by molar-refractivity contribution is 5.93. The fourth-order valence-corrected chi connectivity index (χ4v) is 3.82. The van der Waals surface area contributed by atoms with Gasteiger partial charge in [-0.2, -0.15) is 0 Å². The summed E-state index contributed by atoms with van der Waals surface area (Å²) < 4.78 is 5.38. The zero-order chi connectivity index (χ0) is 23.3. The van der Waals surface area contributed by atoms with Crippen molar-refractivity contribution in [2.45, 2.75) is 123 Å². The summed E-state index contributed by atoms with van der Waals surface area (Å²) in [5.41, 5.74) is 1.26. The molecule has 4 nitrogen and oxygen atoms in total. The van der Waals surface area contributed by atoms with Crippen LogP contribution in [0.25, 0.3) is 0 Å². The Labute approximate surface area is 196 Å². The Morgan fingerprint density at radius 1 is 0.656 bits per heavy atom. The van der Waals surface area contributed by atoms with Crippen molar-refractivity contribution in [3.05, 3.63) is 29.8 Å². The standard InChI is InChI=1S/C28H47NO3/c1-3-5-7-9-11-12-14-16-18-24-32-28(31)25-20-22-26(23-21-25)29-27(30)19-17-15-13-10-8-6-4-2/h20-23H,3-19,24H2,1-2H3,(H,29,30). The van der Waals surface area contributed by atoms with E-state index < -0.39 is 0 Å². The maximum atomic E-state index is 12.2. The number of esters is 1. The topological polar surface area (TPSA) is 55.4 Å². The summed E-state index contributed by atoms with van der Waals surface area (Å²) in [7, 11) is 0. The minimum atomic E-state index is -0.287. The van der Waals surface area contributed by atoms with Crippen LogP contribution < -0.4 is 5.32 Å². The van der Waals surface area contributed by atoms with E-state index in [1.54, 1.807) is 24.3 Å². The summed E-state index contributed by atoms with van der Waals surface area (Å²) in [6.07, 6.45) is 20.2. The van der Waals surface area contributed by atoms with E-state index in [4.69, 9.17) is 4.74 Å². The Morgan fingerprint density at radius 2 is 1.12 bits per heavy atom. The molecule has 1 aromatic rings. The molecule has 0 aliphatic carbocycles. The van der Waals surface area contributed by atoms with Crippen molar-refractivity contribution in [1.82, 2.24) is 0 Å². The van der Waals surface area contributed by atoms with Crippen LogP contribution in [0.15, 0.2) is 24.3 Å². The first-order valence-corrected chi connectivity index (χ1v) is 13.2.